The minimum Gasteiger partial charge on any atom is -0.301 e. The predicted molar refractivity (Wildman–Crippen MR) is 59.4 cm³/mol. The van der Waals surface area contributed by atoms with Crippen LogP contribution in [0.25, 0.3) is 6.08 Å². The third-order valence-corrected chi connectivity index (χ3v) is 2.83. The molecule has 0 aromatic carbocycles. The van der Waals surface area contributed by atoms with E-state index < -0.39 is 0 Å². The molecule has 15 heavy (non-hydrogen) atoms. The van der Waals surface area contributed by atoms with Crippen LogP contribution >= 0.6 is 11.8 Å². The Balaban J connectivity index is 2.34. The van der Waals surface area contributed by atoms with Crippen molar-refractivity contribution in [2.45, 2.75) is 6.92 Å². The van der Waals surface area contributed by atoms with Crippen molar-refractivity contribution < 1.29 is 4.79 Å². The van der Waals surface area contributed by atoms with Crippen molar-refractivity contribution in [2.24, 2.45) is 7.05 Å². The number of amidine groups is 1. The highest BCUT2D eigenvalue weighted by Gasteiger charge is 2.22. The standard InChI is InChI=1S/C9H10N4OS/c1-5-6(4-13(2)12-5)3-7-8(14)11-9(10)15-7/h3-4H,1-2H3,(H2,10,11,14)/b7-3+. The number of nitrogens with zero attached hydrogens (tertiary/aromatic N) is 2. The van der Waals surface area contributed by atoms with E-state index in [0.29, 0.717) is 4.91 Å². The van der Waals surface area contributed by atoms with Crippen molar-refractivity contribution in [2.75, 3.05) is 0 Å². The Morgan fingerprint density at radius 3 is 2.87 bits per heavy atom. The number of amides is 1. The van der Waals surface area contributed by atoms with Gasteiger partial charge in [0.1, 0.15) is 0 Å². The van der Waals surface area contributed by atoms with Crippen LogP contribution in [0.2, 0.25) is 0 Å². The van der Waals surface area contributed by atoms with Gasteiger partial charge < -0.3 is 5.32 Å². The molecular formula is C9H10N4OS. The van der Waals surface area contributed by atoms with Gasteiger partial charge in [0.2, 0.25) is 0 Å². The Morgan fingerprint density at radius 1 is 1.67 bits per heavy atom. The van der Waals surface area contributed by atoms with E-state index in [1.165, 1.54) is 0 Å². The van der Waals surface area contributed by atoms with E-state index in [1.54, 1.807) is 10.8 Å². The third-order valence-electron chi connectivity index (χ3n) is 2.00. The highest BCUT2D eigenvalue weighted by atomic mass is 32.2. The van der Waals surface area contributed by atoms with E-state index in [9.17, 15) is 4.79 Å². The number of carbonyl (C=O) groups excluding carboxylic acids is 1. The average molecular weight is 222 g/mol. The fourth-order valence-corrected chi connectivity index (χ4v) is 2.04. The van der Waals surface area contributed by atoms with Gasteiger partial charge in [0.15, 0.2) is 5.17 Å². The first-order valence-electron chi connectivity index (χ1n) is 4.36. The molecule has 5 nitrogen and oxygen atoms in total. The molecule has 2 rings (SSSR count). The maximum absolute atomic E-state index is 11.3. The van der Waals surface area contributed by atoms with Gasteiger partial charge in [-0.05, 0) is 24.8 Å². The van der Waals surface area contributed by atoms with Crippen LogP contribution in [0.1, 0.15) is 11.3 Å². The molecule has 1 aromatic heterocycles. The van der Waals surface area contributed by atoms with Crippen LogP contribution in [0, 0.1) is 12.3 Å². The van der Waals surface area contributed by atoms with E-state index in [1.807, 2.05) is 20.2 Å². The molecule has 6 heteroatoms. The molecule has 78 valence electrons. The second kappa shape index (κ2) is 3.54. The van der Waals surface area contributed by atoms with Gasteiger partial charge in [-0.15, -0.1) is 0 Å². The molecule has 1 amide bonds. The van der Waals surface area contributed by atoms with Crippen LogP contribution in [0.5, 0.6) is 0 Å². The molecule has 0 aliphatic carbocycles. The summed E-state index contributed by atoms with van der Waals surface area (Å²) in [6.45, 7) is 1.88. The lowest BCUT2D eigenvalue weighted by Crippen LogP contribution is -2.18. The van der Waals surface area contributed by atoms with E-state index in [0.717, 1.165) is 23.0 Å². The number of hydrogen-bond donors (Lipinski definition) is 2. The van der Waals surface area contributed by atoms with Crippen molar-refractivity contribution >= 4 is 28.9 Å². The number of thioether (sulfide) groups is 1. The molecule has 2 heterocycles. The second-order valence-corrected chi connectivity index (χ2v) is 4.29. The summed E-state index contributed by atoms with van der Waals surface area (Å²) in [4.78, 5) is 11.9. The maximum Gasteiger partial charge on any atom is 0.264 e. The fourth-order valence-electron chi connectivity index (χ4n) is 1.34. The van der Waals surface area contributed by atoms with E-state index in [-0.39, 0.29) is 11.1 Å². The van der Waals surface area contributed by atoms with Gasteiger partial charge in [0.25, 0.3) is 5.91 Å². The van der Waals surface area contributed by atoms with Crippen molar-refractivity contribution in [3.8, 4) is 0 Å². The van der Waals surface area contributed by atoms with Gasteiger partial charge in [-0.1, -0.05) is 0 Å². The van der Waals surface area contributed by atoms with Crippen molar-refractivity contribution in [3.63, 3.8) is 0 Å². The Hall–Kier alpha value is -1.56. The first kappa shape index (κ1) is 9.97. The molecule has 0 saturated carbocycles. The first-order chi connectivity index (χ1) is 7.06. The first-order valence-corrected chi connectivity index (χ1v) is 5.17. The largest absolute Gasteiger partial charge is 0.301 e. The number of nitrogens with one attached hydrogen (secondary N) is 2. The second-order valence-electron chi connectivity index (χ2n) is 3.24. The van der Waals surface area contributed by atoms with E-state index in [2.05, 4.69) is 10.4 Å². The fraction of sp³-hybridized carbons (Fsp3) is 0.222. The van der Waals surface area contributed by atoms with Crippen molar-refractivity contribution in [3.05, 3.63) is 22.4 Å². The van der Waals surface area contributed by atoms with Crippen LogP contribution in [0.3, 0.4) is 0 Å². The minimum atomic E-state index is -0.215. The zero-order valence-electron chi connectivity index (χ0n) is 8.37. The SMILES string of the molecule is Cc1nn(C)cc1/C=C1/SC(=N)NC1=O. The lowest BCUT2D eigenvalue weighted by molar-refractivity contribution is -0.115. The molecule has 0 bridgehead atoms. The molecule has 0 radical (unpaired) electrons. The minimum absolute atomic E-state index is 0.174. The number of rotatable bonds is 1. The Bertz CT molecular complexity index is 474. The van der Waals surface area contributed by atoms with Gasteiger partial charge in [0, 0.05) is 18.8 Å². The van der Waals surface area contributed by atoms with Crippen LogP contribution in [-0.4, -0.2) is 20.9 Å². The summed E-state index contributed by atoms with van der Waals surface area (Å²) < 4.78 is 1.70. The summed E-state index contributed by atoms with van der Waals surface area (Å²) in [5.74, 6) is -0.215. The predicted octanol–water partition coefficient (Wildman–Crippen LogP) is 0.867. The third kappa shape index (κ3) is 1.94. The van der Waals surface area contributed by atoms with Gasteiger partial charge in [-0.2, -0.15) is 5.10 Å². The summed E-state index contributed by atoms with van der Waals surface area (Å²) in [5, 5.41) is 14.1. The van der Waals surface area contributed by atoms with Gasteiger partial charge in [0.05, 0.1) is 10.6 Å². The molecular weight excluding hydrogens is 212 g/mol. The van der Waals surface area contributed by atoms with Gasteiger partial charge in [-0.3, -0.25) is 14.9 Å². The molecule has 1 aliphatic heterocycles. The summed E-state index contributed by atoms with van der Waals surface area (Å²) in [5.41, 5.74) is 1.78. The number of aryl methyl sites for hydroxylation is 2. The quantitative estimate of drug-likeness (QED) is 0.692. The molecule has 1 saturated heterocycles. The van der Waals surface area contributed by atoms with E-state index >= 15 is 0 Å². The molecule has 1 fully saturated rings. The van der Waals surface area contributed by atoms with Crippen molar-refractivity contribution in [1.82, 2.24) is 15.1 Å². The normalized spacial score (nSPS) is 18.7. The summed E-state index contributed by atoms with van der Waals surface area (Å²) in [6, 6.07) is 0. The van der Waals surface area contributed by atoms with E-state index in [4.69, 9.17) is 5.41 Å². The Labute approximate surface area is 91.1 Å². The Morgan fingerprint density at radius 2 is 2.40 bits per heavy atom. The van der Waals surface area contributed by atoms with Crippen LogP contribution < -0.4 is 5.32 Å². The lowest BCUT2D eigenvalue weighted by atomic mass is 10.2. The van der Waals surface area contributed by atoms with Crippen LogP contribution in [0.4, 0.5) is 0 Å². The summed E-state index contributed by atoms with van der Waals surface area (Å²) in [7, 11) is 1.83. The summed E-state index contributed by atoms with van der Waals surface area (Å²) >= 11 is 1.13. The van der Waals surface area contributed by atoms with Crippen LogP contribution in [0.15, 0.2) is 11.1 Å². The monoisotopic (exact) mass is 222 g/mol. The highest BCUT2D eigenvalue weighted by molar-refractivity contribution is 8.18. The molecule has 0 atom stereocenters. The number of aromatic nitrogens is 2. The molecule has 0 spiro atoms. The number of hydrogen-bond acceptors (Lipinski definition) is 4. The summed E-state index contributed by atoms with van der Waals surface area (Å²) in [6.07, 6.45) is 3.60. The van der Waals surface area contributed by atoms with Crippen LogP contribution in [-0.2, 0) is 11.8 Å². The topological polar surface area (TPSA) is 70.8 Å². The smallest absolute Gasteiger partial charge is 0.264 e. The molecule has 1 aromatic rings. The molecule has 0 unspecified atom stereocenters. The Kier molecular flexibility index (Phi) is 2.36. The lowest BCUT2D eigenvalue weighted by Gasteiger charge is -1.90. The number of carbonyl (C=O) groups is 1. The molecule has 1 aliphatic rings. The van der Waals surface area contributed by atoms with Crippen molar-refractivity contribution in [1.29, 1.82) is 5.41 Å². The highest BCUT2D eigenvalue weighted by Crippen LogP contribution is 2.25. The average Bonchev–Trinajstić information content (AvgIpc) is 2.58. The van der Waals surface area contributed by atoms with Gasteiger partial charge in [-0.25, -0.2) is 0 Å². The maximum atomic E-state index is 11.3. The molecule has 2 N–H and O–H groups in total. The van der Waals surface area contributed by atoms with Gasteiger partial charge >= 0.3 is 0 Å². The zero-order valence-corrected chi connectivity index (χ0v) is 9.18. The zero-order chi connectivity index (χ0) is 11.0.